The maximum Gasteiger partial charge on any atom is 0.250 e. The van der Waals surface area contributed by atoms with Crippen molar-refractivity contribution in [2.75, 3.05) is 5.73 Å². The number of aromatic nitrogens is 2. The number of hydrogen-bond donors (Lipinski definition) is 1. The summed E-state index contributed by atoms with van der Waals surface area (Å²) in [6, 6.07) is 7.98. The van der Waals surface area contributed by atoms with Gasteiger partial charge in [0.25, 0.3) is 5.69 Å². The summed E-state index contributed by atoms with van der Waals surface area (Å²) in [5.74, 6) is 0.456. The van der Waals surface area contributed by atoms with E-state index in [-0.39, 0.29) is 0 Å². The molecule has 0 saturated carbocycles. The van der Waals surface area contributed by atoms with Crippen molar-refractivity contribution in [3.63, 3.8) is 0 Å². The minimum atomic E-state index is 0.456. The molecule has 0 aliphatic rings. The number of aryl methyl sites for hydroxylation is 1. The van der Waals surface area contributed by atoms with Gasteiger partial charge < -0.3 is 5.73 Å². The van der Waals surface area contributed by atoms with Gasteiger partial charge in [0, 0.05) is 17.4 Å². The number of benzene rings is 1. The lowest BCUT2D eigenvalue weighted by molar-refractivity contribution is 0.659. The van der Waals surface area contributed by atoms with E-state index in [0.29, 0.717) is 24.5 Å². The molecule has 0 amide bonds. The molecule has 0 unspecified atom stereocenters. The predicted octanol–water partition coefficient (Wildman–Crippen LogP) is 3.39. The summed E-state index contributed by atoms with van der Waals surface area (Å²) in [6.45, 7) is 9.84. The molecule has 0 bridgehead atoms. The fourth-order valence-electron chi connectivity index (χ4n) is 1.84. The molecule has 4 nitrogen and oxygen atoms in total. The Balaban J connectivity index is 2.38. The molecule has 2 N–H and O–H groups in total. The lowest BCUT2D eigenvalue weighted by atomic mass is 10.1. The Labute approximate surface area is 114 Å². The second kappa shape index (κ2) is 5.23. The van der Waals surface area contributed by atoms with E-state index < -0.39 is 0 Å². The molecule has 18 heavy (non-hydrogen) atoms. The average Bonchev–Trinajstić information content (AvgIpc) is 2.65. The third-order valence-corrected chi connectivity index (χ3v) is 3.20. The van der Waals surface area contributed by atoms with Crippen LogP contribution in [0.3, 0.4) is 0 Å². The van der Waals surface area contributed by atoms with Crippen LogP contribution in [0.1, 0.15) is 18.2 Å². The number of nitrogens with two attached hydrogens (primary N) is 1. The van der Waals surface area contributed by atoms with Gasteiger partial charge in [0.2, 0.25) is 0 Å². The van der Waals surface area contributed by atoms with Crippen molar-refractivity contribution in [3.8, 4) is 0 Å². The molecule has 2 rings (SSSR count). The summed E-state index contributed by atoms with van der Waals surface area (Å²) in [4.78, 5) is 3.49. The van der Waals surface area contributed by atoms with E-state index in [2.05, 4.69) is 25.9 Å². The van der Waals surface area contributed by atoms with Crippen molar-refractivity contribution in [2.45, 2.75) is 19.9 Å². The van der Waals surface area contributed by atoms with Gasteiger partial charge in [0.1, 0.15) is 5.82 Å². The first-order valence-corrected chi connectivity index (χ1v) is 6.42. The maximum atomic E-state index is 7.20. The number of hydrogen-bond acceptors (Lipinski definition) is 2. The molecule has 1 aromatic carbocycles. The molecule has 92 valence electrons. The number of anilines is 1. The number of halogens is 1. The second-order valence-electron chi connectivity index (χ2n) is 3.91. The average molecular weight is 305 g/mol. The minimum absolute atomic E-state index is 0.456. The highest BCUT2D eigenvalue weighted by Crippen LogP contribution is 2.29. The summed E-state index contributed by atoms with van der Waals surface area (Å²) < 4.78 is 2.69. The topological polar surface area (TPSA) is 48.2 Å². The van der Waals surface area contributed by atoms with Gasteiger partial charge in [0.05, 0.1) is 12.3 Å². The zero-order chi connectivity index (χ0) is 13.1. The highest BCUT2D eigenvalue weighted by atomic mass is 79.9. The van der Waals surface area contributed by atoms with Gasteiger partial charge >= 0.3 is 0 Å². The Kier molecular flexibility index (Phi) is 3.68. The summed E-state index contributed by atoms with van der Waals surface area (Å²) >= 11 is 3.43. The van der Waals surface area contributed by atoms with Gasteiger partial charge in [0.15, 0.2) is 0 Å². The Bertz CT molecular complexity index is 610. The molecule has 0 aliphatic heterocycles. The van der Waals surface area contributed by atoms with E-state index in [4.69, 9.17) is 12.3 Å². The van der Waals surface area contributed by atoms with Crippen molar-refractivity contribution in [1.82, 2.24) is 9.78 Å². The predicted molar refractivity (Wildman–Crippen MR) is 75.5 cm³/mol. The van der Waals surface area contributed by atoms with Crippen molar-refractivity contribution in [3.05, 3.63) is 51.4 Å². The standard InChI is InChI=1S/C13H13BrN4/c1-3-18-13(15)12(16-2)11(17-18)8-9-5-4-6-10(14)7-9/h4-7H,3,8,15H2,1H3. The Morgan fingerprint density at radius 1 is 1.50 bits per heavy atom. The van der Waals surface area contributed by atoms with Crippen LogP contribution in [-0.2, 0) is 13.0 Å². The Hall–Kier alpha value is -1.80. The van der Waals surface area contributed by atoms with E-state index in [0.717, 1.165) is 15.7 Å². The molecule has 0 spiro atoms. The van der Waals surface area contributed by atoms with Crippen LogP contribution in [0.4, 0.5) is 11.5 Å². The summed E-state index contributed by atoms with van der Waals surface area (Å²) in [5.41, 5.74) is 8.20. The van der Waals surface area contributed by atoms with E-state index in [1.807, 2.05) is 31.2 Å². The van der Waals surface area contributed by atoms with Crippen LogP contribution >= 0.6 is 15.9 Å². The van der Waals surface area contributed by atoms with E-state index in [1.54, 1.807) is 4.68 Å². The van der Waals surface area contributed by atoms with Gasteiger partial charge in [-0.25, -0.2) is 4.85 Å². The van der Waals surface area contributed by atoms with Crippen LogP contribution in [-0.4, -0.2) is 9.78 Å². The summed E-state index contributed by atoms with van der Waals surface area (Å²) in [7, 11) is 0. The molecule has 1 aromatic heterocycles. The molecule has 0 fully saturated rings. The van der Waals surface area contributed by atoms with Gasteiger partial charge in [-0.05, 0) is 24.6 Å². The third kappa shape index (κ3) is 2.39. The fraction of sp³-hybridized carbons (Fsp3) is 0.231. The summed E-state index contributed by atoms with van der Waals surface area (Å²) in [5, 5.41) is 4.39. The molecule has 1 heterocycles. The van der Waals surface area contributed by atoms with Crippen LogP contribution in [0.15, 0.2) is 28.7 Å². The van der Waals surface area contributed by atoms with Crippen LogP contribution < -0.4 is 5.73 Å². The first-order valence-electron chi connectivity index (χ1n) is 5.62. The minimum Gasteiger partial charge on any atom is -0.393 e. The zero-order valence-corrected chi connectivity index (χ0v) is 11.6. The molecule has 0 atom stereocenters. The Morgan fingerprint density at radius 3 is 2.89 bits per heavy atom. The molecular weight excluding hydrogens is 292 g/mol. The van der Waals surface area contributed by atoms with Crippen LogP contribution in [0.5, 0.6) is 0 Å². The first kappa shape index (κ1) is 12.7. The smallest absolute Gasteiger partial charge is 0.250 e. The zero-order valence-electron chi connectivity index (χ0n) is 10.0. The maximum absolute atomic E-state index is 7.20. The monoisotopic (exact) mass is 304 g/mol. The normalized spacial score (nSPS) is 10.3. The lowest BCUT2D eigenvalue weighted by Gasteiger charge is -2.00. The quantitative estimate of drug-likeness (QED) is 0.884. The number of nitrogen functional groups attached to an aromatic ring is 1. The van der Waals surface area contributed by atoms with Crippen LogP contribution in [0.25, 0.3) is 4.85 Å². The molecule has 2 aromatic rings. The SMILES string of the molecule is [C-]#[N+]c1c(Cc2cccc(Br)c2)nn(CC)c1N. The molecule has 0 radical (unpaired) electrons. The number of nitrogens with zero attached hydrogens (tertiary/aromatic N) is 3. The summed E-state index contributed by atoms with van der Waals surface area (Å²) in [6.07, 6.45) is 0.619. The van der Waals surface area contributed by atoms with Crippen molar-refractivity contribution in [2.24, 2.45) is 0 Å². The van der Waals surface area contributed by atoms with Crippen molar-refractivity contribution in [1.29, 1.82) is 0 Å². The lowest BCUT2D eigenvalue weighted by Crippen LogP contribution is -2.02. The van der Waals surface area contributed by atoms with Gasteiger partial charge in [-0.15, -0.1) is 0 Å². The van der Waals surface area contributed by atoms with E-state index >= 15 is 0 Å². The highest BCUT2D eigenvalue weighted by molar-refractivity contribution is 9.10. The molecule has 0 aliphatic carbocycles. The van der Waals surface area contributed by atoms with Gasteiger partial charge in [-0.1, -0.05) is 28.1 Å². The van der Waals surface area contributed by atoms with Gasteiger partial charge in [-0.3, -0.25) is 4.68 Å². The highest BCUT2D eigenvalue weighted by Gasteiger charge is 2.15. The van der Waals surface area contributed by atoms with Crippen LogP contribution in [0.2, 0.25) is 0 Å². The second-order valence-corrected chi connectivity index (χ2v) is 4.83. The van der Waals surface area contributed by atoms with E-state index in [9.17, 15) is 0 Å². The van der Waals surface area contributed by atoms with Gasteiger partial charge in [-0.2, -0.15) is 5.10 Å². The number of rotatable bonds is 3. The first-order chi connectivity index (χ1) is 8.65. The van der Waals surface area contributed by atoms with E-state index in [1.165, 1.54) is 0 Å². The largest absolute Gasteiger partial charge is 0.393 e. The van der Waals surface area contributed by atoms with Crippen molar-refractivity contribution < 1.29 is 0 Å². The third-order valence-electron chi connectivity index (χ3n) is 2.71. The fourth-order valence-corrected chi connectivity index (χ4v) is 2.29. The Morgan fingerprint density at radius 2 is 2.28 bits per heavy atom. The molecular formula is C13H13BrN4. The molecule has 0 saturated heterocycles. The molecule has 5 heteroatoms. The van der Waals surface area contributed by atoms with Crippen LogP contribution in [0, 0.1) is 6.57 Å². The van der Waals surface area contributed by atoms with Crippen molar-refractivity contribution >= 4 is 27.4 Å².